The molecule has 2 N–H and O–H groups in total. The number of amides is 1. The topological polar surface area (TPSA) is 55.6 Å². The lowest BCUT2D eigenvalue weighted by Gasteiger charge is -2.38. The number of hydrogen-bond acceptors (Lipinski definition) is 3. The molecule has 0 unspecified atom stereocenters. The fourth-order valence-corrected chi connectivity index (χ4v) is 3.16. The zero-order valence-corrected chi connectivity index (χ0v) is 11.6. The first-order valence-electron chi connectivity index (χ1n) is 7.21. The smallest absolute Gasteiger partial charge is 0.226 e. The van der Waals surface area contributed by atoms with Crippen LogP contribution in [0.5, 0.6) is 0 Å². The van der Waals surface area contributed by atoms with E-state index in [0.29, 0.717) is 25.0 Å². The van der Waals surface area contributed by atoms with Gasteiger partial charge in [-0.1, -0.05) is 13.8 Å². The maximum atomic E-state index is 12.6. The first kappa shape index (κ1) is 13.8. The van der Waals surface area contributed by atoms with Gasteiger partial charge in [-0.2, -0.15) is 0 Å². The highest BCUT2D eigenvalue weighted by atomic mass is 16.5. The summed E-state index contributed by atoms with van der Waals surface area (Å²) in [6, 6.07) is 0.492. The molecule has 3 atom stereocenters. The van der Waals surface area contributed by atoms with E-state index in [4.69, 9.17) is 10.5 Å². The number of carbonyl (C=O) groups is 1. The number of nitrogens with zero attached hydrogens (tertiary/aromatic N) is 1. The molecule has 0 bridgehead atoms. The predicted octanol–water partition coefficient (Wildman–Crippen LogP) is 1.39. The summed E-state index contributed by atoms with van der Waals surface area (Å²) in [6.07, 6.45) is 3.86. The fraction of sp³-hybridized carbons (Fsp3) is 0.929. The Balaban J connectivity index is 1.97. The minimum atomic E-state index is 0.160. The number of ether oxygens (including phenoxy) is 1. The zero-order chi connectivity index (χ0) is 13.1. The van der Waals surface area contributed by atoms with E-state index in [0.717, 1.165) is 32.2 Å². The first-order chi connectivity index (χ1) is 8.58. The Morgan fingerprint density at radius 2 is 2.22 bits per heavy atom. The second-order valence-corrected chi connectivity index (χ2v) is 6.16. The molecule has 0 aromatic carbocycles. The molecular weight excluding hydrogens is 228 g/mol. The van der Waals surface area contributed by atoms with E-state index in [1.165, 1.54) is 0 Å². The van der Waals surface area contributed by atoms with E-state index < -0.39 is 0 Å². The molecule has 2 rings (SSSR count). The van der Waals surface area contributed by atoms with Crippen molar-refractivity contribution in [1.82, 2.24) is 4.90 Å². The molecule has 1 heterocycles. The van der Waals surface area contributed by atoms with Gasteiger partial charge in [-0.05, 0) is 31.6 Å². The quantitative estimate of drug-likeness (QED) is 0.828. The second kappa shape index (κ2) is 6.02. The molecule has 0 aromatic rings. The third-order valence-electron chi connectivity index (χ3n) is 4.08. The molecule has 4 nitrogen and oxygen atoms in total. The lowest BCUT2D eigenvalue weighted by molar-refractivity contribution is -0.144. The Hall–Kier alpha value is -0.610. The van der Waals surface area contributed by atoms with Gasteiger partial charge in [0.05, 0.1) is 19.3 Å². The maximum Gasteiger partial charge on any atom is 0.226 e. The number of rotatable bonds is 3. The van der Waals surface area contributed by atoms with Crippen LogP contribution in [0.3, 0.4) is 0 Å². The summed E-state index contributed by atoms with van der Waals surface area (Å²) in [7, 11) is 0. The lowest BCUT2D eigenvalue weighted by Crippen LogP contribution is -2.51. The van der Waals surface area contributed by atoms with Gasteiger partial charge in [-0.15, -0.1) is 0 Å². The average Bonchev–Trinajstić information content (AvgIpc) is 2.75. The van der Waals surface area contributed by atoms with Crippen LogP contribution in [0.25, 0.3) is 0 Å². The summed E-state index contributed by atoms with van der Waals surface area (Å²) in [5.41, 5.74) is 5.91. The lowest BCUT2D eigenvalue weighted by atomic mass is 9.99. The third-order valence-corrected chi connectivity index (χ3v) is 4.08. The Kier molecular flexibility index (Phi) is 4.62. The molecule has 1 amide bonds. The van der Waals surface area contributed by atoms with Crippen LogP contribution in [-0.2, 0) is 9.53 Å². The van der Waals surface area contributed by atoms with Crippen molar-refractivity contribution in [3.63, 3.8) is 0 Å². The molecule has 0 spiro atoms. The number of carbonyl (C=O) groups excluding carboxylic acids is 1. The molecule has 1 aliphatic carbocycles. The Morgan fingerprint density at radius 3 is 2.83 bits per heavy atom. The van der Waals surface area contributed by atoms with Crippen molar-refractivity contribution in [1.29, 1.82) is 0 Å². The highest BCUT2D eigenvalue weighted by Gasteiger charge is 2.35. The molecule has 104 valence electrons. The van der Waals surface area contributed by atoms with Crippen LogP contribution in [-0.4, -0.2) is 42.6 Å². The molecule has 4 heteroatoms. The summed E-state index contributed by atoms with van der Waals surface area (Å²) >= 11 is 0. The van der Waals surface area contributed by atoms with Crippen LogP contribution in [0.4, 0.5) is 0 Å². The minimum Gasteiger partial charge on any atom is -0.377 e. The van der Waals surface area contributed by atoms with E-state index in [1.54, 1.807) is 0 Å². The van der Waals surface area contributed by atoms with Crippen LogP contribution in [0.15, 0.2) is 0 Å². The summed E-state index contributed by atoms with van der Waals surface area (Å²) < 4.78 is 5.53. The summed E-state index contributed by atoms with van der Waals surface area (Å²) in [5, 5.41) is 0. The van der Waals surface area contributed by atoms with Crippen LogP contribution in [0.1, 0.15) is 39.5 Å². The monoisotopic (exact) mass is 254 g/mol. The van der Waals surface area contributed by atoms with Gasteiger partial charge >= 0.3 is 0 Å². The largest absolute Gasteiger partial charge is 0.377 e. The number of nitrogens with two attached hydrogens (primary N) is 1. The Morgan fingerprint density at radius 1 is 1.44 bits per heavy atom. The van der Waals surface area contributed by atoms with Crippen molar-refractivity contribution in [3.8, 4) is 0 Å². The number of morpholine rings is 1. The molecule has 0 aromatic heterocycles. The third kappa shape index (κ3) is 3.23. The molecule has 1 saturated carbocycles. The second-order valence-electron chi connectivity index (χ2n) is 6.16. The van der Waals surface area contributed by atoms with Gasteiger partial charge in [0.15, 0.2) is 0 Å². The first-order valence-corrected chi connectivity index (χ1v) is 7.21. The van der Waals surface area contributed by atoms with Gasteiger partial charge < -0.3 is 15.4 Å². The van der Waals surface area contributed by atoms with Crippen molar-refractivity contribution < 1.29 is 9.53 Å². The highest BCUT2D eigenvalue weighted by molar-refractivity contribution is 5.79. The predicted molar refractivity (Wildman–Crippen MR) is 71.1 cm³/mol. The molecule has 2 fully saturated rings. The molecule has 2 aliphatic rings. The molecule has 1 saturated heterocycles. The number of hydrogen-bond donors (Lipinski definition) is 1. The van der Waals surface area contributed by atoms with Crippen molar-refractivity contribution in [3.05, 3.63) is 0 Å². The molecule has 18 heavy (non-hydrogen) atoms. The standard InChI is InChI=1S/C14H26N2O2/c1-10(2)7-13-9-18-6-5-16(13)14(17)11-3-4-12(15)8-11/h10-13H,3-9,15H2,1-2H3/t11-,12+,13-/m1/s1. The van der Waals surface area contributed by atoms with Crippen molar-refractivity contribution in [2.24, 2.45) is 17.6 Å². The van der Waals surface area contributed by atoms with Crippen LogP contribution in [0, 0.1) is 11.8 Å². The van der Waals surface area contributed by atoms with Crippen molar-refractivity contribution >= 4 is 5.91 Å². The van der Waals surface area contributed by atoms with Gasteiger partial charge in [-0.3, -0.25) is 4.79 Å². The van der Waals surface area contributed by atoms with Gasteiger partial charge in [-0.25, -0.2) is 0 Å². The SMILES string of the molecule is CC(C)C[C@@H]1COCCN1C(=O)[C@@H]1CC[C@H](N)C1. The Labute approximate surface area is 110 Å². The molecular formula is C14H26N2O2. The van der Waals surface area contributed by atoms with Gasteiger partial charge in [0, 0.05) is 18.5 Å². The molecule has 1 aliphatic heterocycles. The summed E-state index contributed by atoms with van der Waals surface area (Å²) in [5.74, 6) is 1.07. The zero-order valence-electron chi connectivity index (χ0n) is 11.6. The van der Waals surface area contributed by atoms with Crippen LogP contribution in [0.2, 0.25) is 0 Å². The molecule has 0 radical (unpaired) electrons. The van der Waals surface area contributed by atoms with E-state index >= 15 is 0 Å². The van der Waals surface area contributed by atoms with E-state index in [9.17, 15) is 4.79 Å². The fourth-order valence-electron chi connectivity index (χ4n) is 3.16. The van der Waals surface area contributed by atoms with Gasteiger partial charge in [0.2, 0.25) is 5.91 Å². The van der Waals surface area contributed by atoms with E-state index in [2.05, 4.69) is 18.7 Å². The van der Waals surface area contributed by atoms with Crippen molar-refractivity contribution in [2.45, 2.75) is 51.6 Å². The van der Waals surface area contributed by atoms with E-state index in [-0.39, 0.29) is 18.0 Å². The van der Waals surface area contributed by atoms with Gasteiger partial charge in [0.25, 0.3) is 0 Å². The summed E-state index contributed by atoms with van der Waals surface area (Å²) in [4.78, 5) is 14.6. The van der Waals surface area contributed by atoms with Crippen molar-refractivity contribution in [2.75, 3.05) is 19.8 Å². The summed E-state index contributed by atoms with van der Waals surface area (Å²) in [6.45, 7) is 6.52. The normalized spacial score (nSPS) is 33.1. The minimum absolute atomic E-state index is 0.160. The average molecular weight is 254 g/mol. The maximum absolute atomic E-state index is 12.6. The highest BCUT2D eigenvalue weighted by Crippen LogP contribution is 2.28. The van der Waals surface area contributed by atoms with Crippen LogP contribution < -0.4 is 5.73 Å². The van der Waals surface area contributed by atoms with Gasteiger partial charge in [0.1, 0.15) is 0 Å². The van der Waals surface area contributed by atoms with E-state index in [1.807, 2.05) is 0 Å². The van der Waals surface area contributed by atoms with Crippen LogP contribution >= 0.6 is 0 Å². The Bertz CT molecular complexity index is 294.